The molecule has 0 spiro atoms. The van der Waals surface area contributed by atoms with Crippen molar-refractivity contribution in [3.63, 3.8) is 0 Å². The first-order chi connectivity index (χ1) is 9.75. The molecular weight excluding hydrogens is 248 g/mol. The van der Waals surface area contributed by atoms with Crippen molar-refractivity contribution >= 4 is 5.91 Å². The number of amides is 1. The van der Waals surface area contributed by atoms with Gasteiger partial charge in [-0.1, -0.05) is 37.1 Å². The molecular formula is C17H24N2O. The van der Waals surface area contributed by atoms with E-state index in [2.05, 4.69) is 29.2 Å². The summed E-state index contributed by atoms with van der Waals surface area (Å²) in [4.78, 5) is 15.0. The van der Waals surface area contributed by atoms with Gasteiger partial charge in [0.2, 0.25) is 5.91 Å². The lowest BCUT2D eigenvalue weighted by Gasteiger charge is -2.33. The third-order valence-electron chi connectivity index (χ3n) is 5.05. The smallest absolute Gasteiger partial charge is 0.230 e. The second kappa shape index (κ2) is 5.57. The third kappa shape index (κ3) is 2.35. The molecule has 0 unspecified atom stereocenters. The van der Waals surface area contributed by atoms with Gasteiger partial charge in [0, 0.05) is 19.6 Å². The molecule has 1 aromatic carbocycles. The van der Waals surface area contributed by atoms with Crippen LogP contribution < -0.4 is 5.73 Å². The van der Waals surface area contributed by atoms with Gasteiger partial charge in [-0.05, 0) is 36.8 Å². The first-order valence-electron chi connectivity index (χ1n) is 7.81. The maximum atomic E-state index is 13.0. The standard InChI is InChI=1S/C17H24N2O/c18-13-17(9-3-4-10-17)16(20)19-11-5-8-14-6-1-2-7-15(14)12-19/h1-2,6-7H,3-5,8-13,18H2. The number of benzene rings is 1. The van der Waals surface area contributed by atoms with Gasteiger partial charge >= 0.3 is 0 Å². The van der Waals surface area contributed by atoms with Crippen molar-refractivity contribution in [1.82, 2.24) is 4.90 Å². The van der Waals surface area contributed by atoms with Gasteiger partial charge in [-0.15, -0.1) is 0 Å². The Kier molecular flexibility index (Phi) is 3.79. The van der Waals surface area contributed by atoms with Crippen LogP contribution in [0, 0.1) is 5.41 Å². The van der Waals surface area contributed by atoms with Gasteiger partial charge in [-0.25, -0.2) is 0 Å². The average molecular weight is 272 g/mol. The lowest BCUT2D eigenvalue weighted by atomic mass is 9.84. The Balaban J connectivity index is 1.82. The summed E-state index contributed by atoms with van der Waals surface area (Å²) in [5, 5.41) is 0. The maximum absolute atomic E-state index is 13.0. The summed E-state index contributed by atoms with van der Waals surface area (Å²) in [6.07, 6.45) is 6.38. The molecule has 2 N–H and O–H groups in total. The molecule has 3 rings (SSSR count). The molecule has 1 saturated carbocycles. The summed E-state index contributed by atoms with van der Waals surface area (Å²) in [5.41, 5.74) is 8.41. The summed E-state index contributed by atoms with van der Waals surface area (Å²) < 4.78 is 0. The van der Waals surface area contributed by atoms with Crippen LogP contribution in [0.15, 0.2) is 24.3 Å². The van der Waals surface area contributed by atoms with E-state index >= 15 is 0 Å². The van der Waals surface area contributed by atoms with Gasteiger partial charge in [-0.3, -0.25) is 4.79 Å². The molecule has 1 aromatic rings. The van der Waals surface area contributed by atoms with E-state index < -0.39 is 0 Å². The first-order valence-corrected chi connectivity index (χ1v) is 7.81. The third-order valence-corrected chi connectivity index (χ3v) is 5.05. The van der Waals surface area contributed by atoms with Gasteiger partial charge < -0.3 is 10.6 Å². The van der Waals surface area contributed by atoms with Crippen molar-refractivity contribution in [2.24, 2.45) is 11.1 Å². The second-order valence-electron chi connectivity index (χ2n) is 6.29. The number of carbonyl (C=O) groups excluding carboxylic acids is 1. The minimum Gasteiger partial charge on any atom is -0.338 e. The number of fused-ring (bicyclic) bond motifs is 1. The van der Waals surface area contributed by atoms with Crippen LogP contribution in [-0.2, 0) is 17.8 Å². The molecule has 0 aromatic heterocycles. The molecule has 0 bridgehead atoms. The minimum absolute atomic E-state index is 0.265. The largest absolute Gasteiger partial charge is 0.338 e. The number of carbonyl (C=O) groups is 1. The molecule has 3 heteroatoms. The van der Waals surface area contributed by atoms with E-state index in [1.807, 2.05) is 0 Å². The van der Waals surface area contributed by atoms with Crippen molar-refractivity contribution in [2.45, 2.75) is 45.1 Å². The fourth-order valence-corrected chi connectivity index (χ4v) is 3.77. The van der Waals surface area contributed by atoms with Crippen LogP contribution in [0.1, 0.15) is 43.2 Å². The normalized spacial score (nSPS) is 21.4. The predicted octanol–water partition coefficient (Wildman–Crippen LogP) is 2.48. The van der Waals surface area contributed by atoms with Crippen LogP contribution >= 0.6 is 0 Å². The Morgan fingerprint density at radius 1 is 1.15 bits per heavy atom. The van der Waals surface area contributed by atoms with E-state index in [0.29, 0.717) is 12.5 Å². The van der Waals surface area contributed by atoms with Gasteiger partial charge in [0.25, 0.3) is 0 Å². The van der Waals surface area contributed by atoms with Crippen molar-refractivity contribution in [3.05, 3.63) is 35.4 Å². The summed E-state index contributed by atoms with van der Waals surface area (Å²) in [7, 11) is 0. The Labute approximate surface area is 121 Å². The quantitative estimate of drug-likeness (QED) is 0.899. The second-order valence-corrected chi connectivity index (χ2v) is 6.29. The van der Waals surface area contributed by atoms with Crippen LogP contribution in [-0.4, -0.2) is 23.9 Å². The fraction of sp³-hybridized carbons (Fsp3) is 0.588. The van der Waals surface area contributed by atoms with E-state index in [9.17, 15) is 4.79 Å². The predicted molar refractivity (Wildman–Crippen MR) is 80.1 cm³/mol. The van der Waals surface area contributed by atoms with Crippen molar-refractivity contribution in [3.8, 4) is 0 Å². The first kappa shape index (κ1) is 13.6. The van der Waals surface area contributed by atoms with E-state index in [1.54, 1.807) is 0 Å². The molecule has 1 heterocycles. The van der Waals surface area contributed by atoms with Gasteiger partial charge in [0.05, 0.1) is 5.41 Å². The number of aryl methyl sites for hydroxylation is 1. The highest BCUT2D eigenvalue weighted by molar-refractivity contribution is 5.83. The lowest BCUT2D eigenvalue weighted by Crippen LogP contribution is -2.46. The monoisotopic (exact) mass is 272 g/mol. The molecule has 0 radical (unpaired) electrons. The molecule has 0 saturated heterocycles. The van der Waals surface area contributed by atoms with Crippen molar-refractivity contribution in [2.75, 3.05) is 13.1 Å². The lowest BCUT2D eigenvalue weighted by molar-refractivity contribution is -0.142. The molecule has 108 valence electrons. The zero-order chi connectivity index (χ0) is 14.0. The van der Waals surface area contributed by atoms with Crippen molar-refractivity contribution in [1.29, 1.82) is 0 Å². The molecule has 20 heavy (non-hydrogen) atoms. The number of hydrogen-bond acceptors (Lipinski definition) is 2. The van der Waals surface area contributed by atoms with Gasteiger partial charge in [-0.2, -0.15) is 0 Å². The highest BCUT2D eigenvalue weighted by Crippen LogP contribution is 2.39. The zero-order valence-corrected chi connectivity index (χ0v) is 12.1. The summed E-state index contributed by atoms with van der Waals surface area (Å²) in [5.74, 6) is 0.300. The molecule has 1 amide bonds. The molecule has 2 aliphatic rings. The zero-order valence-electron chi connectivity index (χ0n) is 12.1. The number of rotatable bonds is 2. The Morgan fingerprint density at radius 2 is 1.85 bits per heavy atom. The number of hydrogen-bond donors (Lipinski definition) is 1. The average Bonchev–Trinajstić information content (AvgIpc) is 2.87. The van der Waals surface area contributed by atoms with Crippen LogP contribution in [0.2, 0.25) is 0 Å². The summed E-state index contributed by atoms with van der Waals surface area (Å²) in [6, 6.07) is 8.51. The van der Waals surface area contributed by atoms with E-state index in [0.717, 1.165) is 51.6 Å². The van der Waals surface area contributed by atoms with Crippen LogP contribution in [0.25, 0.3) is 0 Å². The highest BCUT2D eigenvalue weighted by Gasteiger charge is 2.42. The summed E-state index contributed by atoms with van der Waals surface area (Å²) in [6.45, 7) is 2.13. The Morgan fingerprint density at radius 3 is 2.55 bits per heavy atom. The van der Waals surface area contributed by atoms with Crippen LogP contribution in [0.5, 0.6) is 0 Å². The van der Waals surface area contributed by atoms with Crippen LogP contribution in [0.3, 0.4) is 0 Å². The molecule has 0 atom stereocenters. The molecule has 1 aliphatic heterocycles. The topological polar surface area (TPSA) is 46.3 Å². The van der Waals surface area contributed by atoms with Crippen molar-refractivity contribution < 1.29 is 4.79 Å². The number of nitrogens with two attached hydrogens (primary N) is 1. The molecule has 1 fully saturated rings. The fourth-order valence-electron chi connectivity index (χ4n) is 3.77. The number of nitrogens with zero attached hydrogens (tertiary/aromatic N) is 1. The van der Waals surface area contributed by atoms with Gasteiger partial charge in [0.1, 0.15) is 0 Å². The molecule has 3 nitrogen and oxygen atoms in total. The SMILES string of the molecule is NCC1(C(=O)N2CCCc3ccccc3C2)CCCC1. The van der Waals surface area contributed by atoms with E-state index in [4.69, 9.17) is 5.73 Å². The molecule has 1 aliphatic carbocycles. The Bertz CT molecular complexity index is 492. The highest BCUT2D eigenvalue weighted by atomic mass is 16.2. The minimum atomic E-state index is -0.265. The van der Waals surface area contributed by atoms with E-state index in [1.165, 1.54) is 11.1 Å². The van der Waals surface area contributed by atoms with Gasteiger partial charge in [0.15, 0.2) is 0 Å². The maximum Gasteiger partial charge on any atom is 0.230 e. The van der Waals surface area contributed by atoms with Crippen LogP contribution in [0.4, 0.5) is 0 Å². The Hall–Kier alpha value is -1.35. The summed E-state index contributed by atoms with van der Waals surface area (Å²) >= 11 is 0. The van der Waals surface area contributed by atoms with E-state index in [-0.39, 0.29) is 5.41 Å².